The van der Waals surface area contributed by atoms with Crippen molar-refractivity contribution in [1.29, 1.82) is 0 Å². The fourth-order valence-corrected chi connectivity index (χ4v) is 2.49. The van der Waals surface area contributed by atoms with Crippen molar-refractivity contribution in [3.63, 3.8) is 0 Å². The zero-order valence-electron chi connectivity index (χ0n) is 15.0. The van der Waals surface area contributed by atoms with Crippen LogP contribution in [-0.2, 0) is 10.3 Å². The van der Waals surface area contributed by atoms with E-state index >= 15 is 0 Å². The largest absolute Gasteiger partial charge is 0.491 e. The Balaban J connectivity index is 2.00. The first kappa shape index (κ1) is 18.8. The predicted molar refractivity (Wildman–Crippen MR) is 100 cm³/mol. The van der Waals surface area contributed by atoms with Gasteiger partial charge in [-0.3, -0.25) is 0 Å². The van der Waals surface area contributed by atoms with Gasteiger partial charge >= 0.3 is 6.03 Å². The summed E-state index contributed by atoms with van der Waals surface area (Å²) in [5.41, 5.74) is 1.32. The van der Waals surface area contributed by atoms with Crippen LogP contribution in [0.1, 0.15) is 25.8 Å². The van der Waals surface area contributed by atoms with Crippen LogP contribution in [0.15, 0.2) is 54.6 Å². The van der Waals surface area contributed by atoms with Crippen LogP contribution >= 0.6 is 0 Å². The van der Waals surface area contributed by atoms with Crippen molar-refractivity contribution in [3.05, 3.63) is 60.2 Å². The van der Waals surface area contributed by atoms with Gasteiger partial charge in [0.05, 0.1) is 12.1 Å². The molecule has 2 aromatic rings. The van der Waals surface area contributed by atoms with Crippen LogP contribution in [0.4, 0.5) is 10.5 Å². The number of ether oxygens (including phenoxy) is 2. The van der Waals surface area contributed by atoms with Gasteiger partial charge in [-0.2, -0.15) is 0 Å². The molecule has 0 aromatic heterocycles. The van der Waals surface area contributed by atoms with Crippen molar-refractivity contribution >= 4 is 11.7 Å². The molecule has 0 saturated carbocycles. The molecule has 2 amide bonds. The molecule has 0 aliphatic rings. The third kappa shape index (κ3) is 5.50. The lowest BCUT2D eigenvalue weighted by Gasteiger charge is -2.30. The van der Waals surface area contributed by atoms with Crippen molar-refractivity contribution in [1.82, 2.24) is 5.32 Å². The third-order valence-corrected chi connectivity index (χ3v) is 4.16. The van der Waals surface area contributed by atoms with E-state index < -0.39 is 5.54 Å². The number of carbonyl (C=O) groups excluding carboxylic acids is 1. The predicted octanol–water partition coefficient (Wildman–Crippen LogP) is 4.16. The van der Waals surface area contributed by atoms with Gasteiger partial charge in [0, 0.05) is 18.9 Å². The Bertz CT molecular complexity index is 676. The van der Waals surface area contributed by atoms with Gasteiger partial charge in [0.2, 0.25) is 0 Å². The van der Waals surface area contributed by atoms with Crippen LogP contribution in [-0.4, -0.2) is 26.4 Å². The molecule has 25 heavy (non-hydrogen) atoms. The van der Waals surface area contributed by atoms with Crippen LogP contribution in [0.2, 0.25) is 0 Å². The topological polar surface area (TPSA) is 59.6 Å². The van der Waals surface area contributed by atoms with E-state index in [1.807, 2.05) is 55.5 Å². The van der Waals surface area contributed by atoms with Crippen LogP contribution < -0.4 is 15.4 Å². The minimum atomic E-state index is -0.433. The standard InChI is InChI=1S/C20H26N2O3/c1-4-20(2,16-9-6-5-7-10-16)22-19(23)21-17-11-8-12-18(15-17)25-14-13-24-3/h5-12,15H,4,13-14H2,1-3H3,(H2,21,22,23). The Hall–Kier alpha value is -2.53. The Morgan fingerprint density at radius 2 is 1.84 bits per heavy atom. The van der Waals surface area contributed by atoms with Crippen LogP contribution in [0.5, 0.6) is 5.75 Å². The molecular formula is C20H26N2O3. The lowest BCUT2D eigenvalue weighted by molar-refractivity contribution is 0.146. The maximum Gasteiger partial charge on any atom is 0.319 e. The number of urea groups is 1. The number of hydrogen-bond donors (Lipinski definition) is 2. The molecule has 5 nitrogen and oxygen atoms in total. The highest BCUT2D eigenvalue weighted by atomic mass is 16.5. The fourth-order valence-electron chi connectivity index (χ4n) is 2.49. The van der Waals surface area contributed by atoms with Crippen molar-refractivity contribution in [2.24, 2.45) is 0 Å². The number of nitrogens with one attached hydrogen (secondary N) is 2. The summed E-state index contributed by atoms with van der Waals surface area (Å²) in [6.07, 6.45) is 0.782. The molecule has 1 atom stereocenters. The first-order chi connectivity index (χ1) is 12.1. The molecule has 2 aromatic carbocycles. The molecule has 0 heterocycles. The summed E-state index contributed by atoms with van der Waals surface area (Å²) >= 11 is 0. The molecule has 2 N–H and O–H groups in total. The highest BCUT2D eigenvalue weighted by Crippen LogP contribution is 2.24. The molecule has 2 rings (SSSR count). The monoisotopic (exact) mass is 342 g/mol. The number of hydrogen-bond acceptors (Lipinski definition) is 3. The average molecular weight is 342 g/mol. The molecule has 1 unspecified atom stereocenters. The van der Waals surface area contributed by atoms with Gasteiger partial charge < -0.3 is 20.1 Å². The summed E-state index contributed by atoms with van der Waals surface area (Å²) < 4.78 is 10.5. The van der Waals surface area contributed by atoms with Gasteiger partial charge in [0.15, 0.2) is 0 Å². The quantitative estimate of drug-likeness (QED) is 0.708. The van der Waals surface area contributed by atoms with Gasteiger partial charge in [-0.05, 0) is 31.0 Å². The second-order valence-electron chi connectivity index (χ2n) is 6.00. The molecule has 0 aliphatic carbocycles. The number of amides is 2. The van der Waals surface area contributed by atoms with Gasteiger partial charge in [-0.15, -0.1) is 0 Å². The molecule has 0 aliphatic heterocycles. The van der Waals surface area contributed by atoms with Crippen molar-refractivity contribution in [2.45, 2.75) is 25.8 Å². The first-order valence-electron chi connectivity index (χ1n) is 8.44. The minimum Gasteiger partial charge on any atom is -0.491 e. The van der Waals surface area contributed by atoms with E-state index in [4.69, 9.17) is 9.47 Å². The second-order valence-corrected chi connectivity index (χ2v) is 6.00. The SMILES string of the molecule is CCC(C)(NC(=O)Nc1cccc(OCCOC)c1)c1ccccc1. The number of methoxy groups -OCH3 is 1. The second kappa shape index (κ2) is 9.08. The normalized spacial score (nSPS) is 12.9. The van der Waals surface area contributed by atoms with Crippen molar-refractivity contribution in [2.75, 3.05) is 25.6 Å². The van der Waals surface area contributed by atoms with Gasteiger partial charge in [-0.1, -0.05) is 43.3 Å². The molecule has 134 valence electrons. The van der Waals surface area contributed by atoms with Crippen molar-refractivity contribution < 1.29 is 14.3 Å². The van der Waals surface area contributed by atoms with Crippen LogP contribution in [0.3, 0.4) is 0 Å². The molecule has 0 spiro atoms. The van der Waals surface area contributed by atoms with Gasteiger partial charge in [-0.25, -0.2) is 4.79 Å². The van der Waals surface area contributed by atoms with Crippen molar-refractivity contribution in [3.8, 4) is 5.75 Å². The zero-order chi connectivity index (χ0) is 18.1. The summed E-state index contributed by atoms with van der Waals surface area (Å²) in [6.45, 7) is 5.06. The Labute approximate surface area is 149 Å². The van der Waals surface area contributed by atoms with E-state index in [1.165, 1.54) is 0 Å². The third-order valence-electron chi connectivity index (χ3n) is 4.16. The lowest BCUT2D eigenvalue weighted by atomic mass is 9.89. The Kier molecular flexibility index (Phi) is 6.83. The number of benzene rings is 2. The molecule has 5 heteroatoms. The number of rotatable bonds is 8. The lowest BCUT2D eigenvalue weighted by Crippen LogP contribution is -2.45. The van der Waals surface area contributed by atoms with E-state index in [-0.39, 0.29) is 6.03 Å². The van der Waals surface area contributed by atoms with Gasteiger partial charge in [0.1, 0.15) is 12.4 Å². The fraction of sp³-hybridized carbons (Fsp3) is 0.350. The Morgan fingerprint density at radius 1 is 1.08 bits per heavy atom. The van der Waals surface area contributed by atoms with Gasteiger partial charge in [0.25, 0.3) is 0 Å². The smallest absolute Gasteiger partial charge is 0.319 e. The van der Waals surface area contributed by atoms with Crippen LogP contribution in [0, 0.1) is 0 Å². The number of carbonyl (C=O) groups is 1. The molecule has 0 saturated heterocycles. The van der Waals surface area contributed by atoms with E-state index in [0.717, 1.165) is 12.0 Å². The summed E-state index contributed by atoms with van der Waals surface area (Å²) in [5, 5.41) is 5.94. The highest BCUT2D eigenvalue weighted by Gasteiger charge is 2.26. The molecule has 0 fully saturated rings. The Morgan fingerprint density at radius 3 is 2.52 bits per heavy atom. The first-order valence-corrected chi connectivity index (χ1v) is 8.44. The van der Waals surface area contributed by atoms with Crippen LogP contribution in [0.25, 0.3) is 0 Å². The number of anilines is 1. The molecule has 0 bridgehead atoms. The summed E-state index contributed by atoms with van der Waals surface area (Å²) in [6, 6.07) is 17.0. The maximum atomic E-state index is 12.4. The summed E-state index contributed by atoms with van der Waals surface area (Å²) in [7, 11) is 1.63. The van der Waals surface area contributed by atoms with E-state index in [2.05, 4.69) is 17.6 Å². The average Bonchev–Trinajstić information content (AvgIpc) is 2.63. The summed E-state index contributed by atoms with van der Waals surface area (Å²) in [5.74, 6) is 0.691. The zero-order valence-corrected chi connectivity index (χ0v) is 15.0. The molecular weight excluding hydrogens is 316 g/mol. The minimum absolute atomic E-state index is 0.248. The summed E-state index contributed by atoms with van der Waals surface area (Å²) in [4.78, 5) is 12.4. The maximum absolute atomic E-state index is 12.4. The van der Waals surface area contributed by atoms with E-state index in [1.54, 1.807) is 13.2 Å². The highest BCUT2D eigenvalue weighted by molar-refractivity contribution is 5.90. The van der Waals surface area contributed by atoms with E-state index in [9.17, 15) is 4.79 Å². The molecule has 0 radical (unpaired) electrons. The van der Waals surface area contributed by atoms with E-state index in [0.29, 0.717) is 24.7 Å².